The summed E-state index contributed by atoms with van der Waals surface area (Å²) in [6.07, 6.45) is 0.535. The maximum Gasteiger partial charge on any atom is 0.242 e. The van der Waals surface area contributed by atoms with Crippen LogP contribution in [0, 0.1) is 5.92 Å². The minimum atomic E-state index is -1.09. The molecule has 0 fully saturated rings. The quantitative estimate of drug-likeness (QED) is 0.759. The molecule has 0 radical (unpaired) electrons. The lowest BCUT2D eigenvalue weighted by Crippen LogP contribution is -2.51. The zero-order valence-electron chi connectivity index (χ0n) is 12.8. The van der Waals surface area contributed by atoms with Gasteiger partial charge in [0.2, 0.25) is 5.91 Å². The first kappa shape index (κ1) is 16.7. The highest BCUT2D eigenvalue weighted by molar-refractivity contribution is 5.85. The van der Waals surface area contributed by atoms with Gasteiger partial charge in [0.15, 0.2) is 0 Å². The van der Waals surface area contributed by atoms with Crippen molar-refractivity contribution in [2.45, 2.75) is 32.7 Å². The number of carbonyl (C=O) groups excluding carboxylic acids is 1. The van der Waals surface area contributed by atoms with Crippen LogP contribution in [0.25, 0.3) is 0 Å². The summed E-state index contributed by atoms with van der Waals surface area (Å²) in [7, 11) is 0. The predicted molar refractivity (Wildman–Crippen MR) is 83.1 cm³/mol. The van der Waals surface area contributed by atoms with Gasteiger partial charge in [-0.1, -0.05) is 51.1 Å². The molecule has 4 nitrogen and oxygen atoms in total. The van der Waals surface area contributed by atoms with Crippen molar-refractivity contribution < 1.29 is 4.79 Å². The van der Waals surface area contributed by atoms with Gasteiger partial charge in [0.05, 0.1) is 0 Å². The van der Waals surface area contributed by atoms with Gasteiger partial charge in [0, 0.05) is 13.1 Å². The van der Waals surface area contributed by atoms with E-state index in [-0.39, 0.29) is 0 Å². The number of hydrogen-bond acceptors (Lipinski definition) is 3. The Kier molecular flexibility index (Phi) is 6.17. The highest BCUT2D eigenvalue weighted by atomic mass is 16.1. The van der Waals surface area contributed by atoms with E-state index in [9.17, 15) is 4.79 Å². The van der Waals surface area contributed by atoms with E-state index in [2.05, 4.69) is 25.7 Å². The maximum atomic E-state index is 11.8. The first-order valence-electron chi connectivity index (χ1n) is 7.26. The lowest BCUT2D eigenvalue weighted by Gasteiger charge is -2.30. The highest BCUT2D eigenvalue weighted by Gasteiger charge is 2.33. The van der Waals surface area contributed by atoms with Crippen molar-refractivity contribution in [1.82, 2.24) is 4.90 Å². The summed E-state index contributed by atoms with van der Waals surface area (Å²) >= 11 is 0. The zero-order chi connectivity index (χ0) is 15.2. The highest BCUT2D eigenvalue weighted by Crippen LogP contribution is 2.22. The normalized spacial score (nSPS) is 14.5. The molecule has 0 heterocycles. The van der Waals surface area contributed by atoms with Crippen molar-refractivity contribution in [1.29, 1.82) is 0 Å². The van der Waals surface area contributed by atoms with E-state index in [1.54, 1.807) is 0 Å². The summed E-state index contributed by atoms with van der Waals surface area (Å²) in [6.45, 7) is 9.20. The number of nitrogens with zero attached hydrogens (tertiary/aromatic N) is 1. The Morgan fingerprint density at radius 1 is 1.30 bits per heavy atom. The second-order valence-corrected chi connectivity index (χ2v) is 5.74. The molecule has 1 atom stereocenters. The molecule has 0 aliphatic rings. The van der Waals surface area contributed by atoms with Crippen LogP contribution in [0.2, 0.25) is 0 Å². The van der Waals surface area contributed by atoms with Gasteiger partial charge in [-0.3, -0.25) is 4.79 Å². The van der Waals surface area contributed by atoms with Gasteiger partial charge in [-0.25, -0.2) is 0 Å². The average Bonchev–Trinajstić information content (AvgIpc) is 2.43. The Morgan fingerprint density at radius 2 is 1.90 bits per heavy atom. The lowest BCUT2D eigenvalue weighted by atomic mass is 9.86. The molecule has 0 spiro atoms. The van der Waals surface area contributed by atoms with E-state index in [0.717, 1.165) is 25.2 Å². The molecule has 1 rings (SSSR count). The number of primary amides is 1. The molecule has 0 saturated heterocycles. The van der Waals surface area contributed by atoms with E-state index in [1.807, 2.05) is 30.3 Å². The van der Waals surface area contributed by atoms with Crippen LogP contribution in [0.15, 0.2) is 30.3 Å². The van der Waals surface area contributed by atoms with E-state index in [4.69, 9.17) is 11.5 Å². The van der Waals surface area contributed by atoms with Gasteiger partial charge in [0.25, 0.3) is 0 Å². The van der Waals surface area contributed by atoms with Crippen molar-refractivity contribution in [3.63, 3.8) is 0 Å². The van der Waals surface area contributed by atoms with Crippen LogP contribution in [-0.4, -0.2) is 30.4 Å². The van der Waals surface area contributed by atoms with Crippen LogP contribution in [0.3, 0.4) is 0 Å². The second-order valence-electron chi connectivity index (χ2n) is 5.74. The SMILES string of the molecule is CCN(CCC(N)(C(N)=O)c1ccccc1)CC(C)C. The van der Waals surface area contributed by atoms with Crippen LogP contribution < -0.4 is 11.5 Å². The van der Waals surface area contributed by atoms with Gasteiger partial charge < -0.3 is 16.4 Å². The molecular formula is C16H27N3O. The molecule has 20 heavy (non-hydrogen) atoms. The largest absolute Gasteiger partial charge is 0.368 e. The standard InChI is InChI=1S/C16H27N3O/c1-4-19(12-13(2)3)11-10-16(18,15(17)20)14-8-6-5-7-9-14/h5-9,13H,4,10-12,18H2,1-3H3,(H2,17,20). The third-order valence-electron chi connectivity index (χ3n) is 3.62. The minimum Gasteiger partial charge on any atom is -0.368 e. The number of benzene rings is 1. The summed E-state index contributed by atoms with van der Waals surface area (Å²) in [5.41, 5.74) is 11.5. The summed E-state index contributed by atoms with van der Waals surface area (Å²) in [6, 6.07) is 9.40. The molecule has 1 amide bonds. The van der Waals surface area contributed by atoms with Crippen molar-refractivity contribution in [2.24, 2.45) is 17.4 Å². The fourth-order valence-corrected chi connectivity index (χ4v) is 2.37. The summed E-state index contributed by atoms with van der Waals surface area (Å²) < 4.78 is 0. The van der Waals surface area contributed by atoms with Crippen LogP contribution in [0.4, 0.5) is 0 Å². The molecule has 0 aliphatic heterocycles. The molecule has 4 heteroatoms. The summed E-state index contributed by atoms with van der Waals surface area (Å²) in [5.74, 6) is 0.122. The van der Waals surface area contributed by atoms with Crippen molar-refractivity contribution in [2.75, 3.05) is 19.6 Å². The lowest BCUT2D eigenvalue weighted by molar-refractivity contribution is -0.123. The zero-order valence-corrected chi connectivity index (χ0v) is 12.8. The van der Waals surface area contributed by atoms with E-state index < -0.39 is 11.4 Å². The molecule has 1 aromatic carbocycles. The second kappa shape index (κ2) is 7.41. The van der Waals surface area contributed by atoms with Gasteiger partial charge in [-0.2, -0.15) is 0 Å². The van der Waals surface area contributed by atoms with E-state index in [1.165, 1.54) is 0 Å². The number of rotatable bonds is 8. The van der Waals surface area contributed by atoms with Crippen molar-refractivity contribution >= 4 is 5.91 Å². The van der Waals surface area contributed by atoms with E-state index in [0.29, 0.717) is 12.3 Å². The van der Waals surface area contributed by atoms with Gasteiger partial charge >= 0.3 is 0 Å². The molecule has 0 aliphatic carbocycles. The Hall–Kier alpha value is -1.39. The third kappa shape index (κ3) is 4.32. The molecule has 0 saturated carbocycles. The maximum absolute atomic E-state index is 11.8. The number of carbonyl (C=O) groups is 1. The first-order valence-corrected chi connectivity index (χ1v) is 7.26. The van der Waals surface area contributed by atoms with Crippen molar-refractivity contribution in [3.8, 4) is 0 Å². The Balaban J connectivity index is 2.80. The van der Waals surface area contributed by atoms with Crippen LogP contribution in [0.1, 0.15) is 32.8 Å². The molecule has 1 aromatic rings. The number of amides is 1. The molecule has 4 N–H and O–H groups in total. The molecular weight excluding hydrogens is 250 g/mol. The topological polar surface area (TPSA) is 72.3 Å². The molecule has 1 unspecified atom stereocenters. The van der Waals surface area contributed by atoms with Gasteiger partial charge in [-0.05, 0) is 24.4 Å². The number of nitrogens with two attached hydrogens (primary N) is 2. The van der Waals surface area contributed by atoms with E-state index >= 15 is 0 Å². The first-order chi connectivity index (χ1) is 9.40. The minimum absolute atomic E-state index is 0.468. The van der Waals surface area contributed by atoms with Gasteiger partial charge in [0.1, 0.15) is 5.54 Å². The Morgan fingerprint density at radius 3 is 2.35 bits per heavy atom. The van der Waals surface area contributed by atoms with Crippen LogP contribution >= 0.6 is 0 Å². The summed E-state index contributed by atoms with van der Waals surface area (Å²) in [4.78, 5) is 14.1. The third-order valence-corrected chi connectivity index (χ3v) is 3.62. The fourth-order valence-electron chi connectivity index (χ4n) is 2.37. The predicted octanol–water partition coefficient (Wildman–Crippen LogP) is 1.69. The monoisotopic (exact) mass is 277 g/mol. The smallest absolute Gasteiger partial charge is 0.242 e. The molecule has 0 aromatic heterocycles. The number of hydrogen-bond donors (Lipinski definition) is 2. The fraction of sp³-hybridized carbons (Fsp3) is 0.562. The average molecular weight is 277 g/mol. The van der Waals surface area contributed by atoms with Gasteiger partial charge in [-0.15, -0.1) is 0 Å². The van der Waals surface area contributed by atoms with Crippen LogP contribution in [-0.2, 0) is 10.3 Å². The van der Waals surface area contributed by atoms with Crippen molar-refractivity contribution in [3.05, 3.63) is 35.9 Å². The molecule has 112 valence electrons. The Labute approximate surface area is 122 Å². The Bertz CT molecular complexity index is 419. The van der Waals surface area contributed by atoms with Crippen LogP contribution in [0.5, 0.6) is 0 Å². The summed E-state index contributed by atoms with van der Waals surface area (Å²) in [5, 5.41) is 0. The molecule has 0 bridgehead atoms.